The highest BCUT2D eigenvalue weighted by molar-refractivity contribution is 6.27. The molecule has 1 amide bonds. The van der Waals surface area contributed by atoms with Crippen molar-refractivity contribution in [3.8, 4) is 0 Å². The Morgan fingerprint density at radius 1 is 1.40 bits per heavy atom. The van der Waals surface area contributed by atoms with E-state index in [2.05, 4.69) is 12.2 Å². The van der Waals surface area contributed by atoms with Crippen molar-refractivity contribution in [1.29, 1.82) is 0 Å². The minimum atomic E-state index is -0.112. The first kappa shape index (κ1) is 12.1. The number of halogens is 1. The van der Waals surface area contributed by atoms with Crippen molar-refractivity contribution in [2.75, 3.05) is 5.88 Å². The van der Waals surface area contributed by atoms with Crippen LogP contribution in [0.5, 0.6) is 0 Å². The van der Waals surface area contributed by atoms with Crippen LogP contribution in [0.1, 0.15) is 31.4 Å². The second-order valence-corrected chi connectivity index (χ2v) is 3.72. The molecule has 82 valence electrons. The van der Waals surface area contributed by atoms with Gasteiger partial charge in [0.2, 0.25) is 5.91 Å². The molecular weight excluding hydrogens is 210 g/mol. The van der Waals surface area contributed by atoms with E-state index >= 15 is 0 Å². The molecule has 0 aromatic heterocycles. The standard InChI is InChI=1S/C12H16ClNO/c1-2-6-11(14-12(15)9-13)10-7-4-3-5-8-10/h3-5,7-8,11H,2,6,9H2,1H3,(H,14,15)/t11-/m0/s1. The van der Waals surface area contributed by atoms with Crippen LogP contribution in [0.25, 0.3) is 0 Å². The first-order valence-electron chi connectivity index (χ1n) is 5.18. The summed E-state index contributed by atoms with van der Waals surface area (Å²) in [5, 5.41) is 2.91. The zero-order valence-electron chi connectivity index (χ0n) is 8.87. The molecule has 15 heavy (non-hydrogen) atoms. The minimum absolute atomic E-state index is 0.0209. The highest BCUT2D eigenvalue weighted by atomic mass is 35.5. The summed E-state index contributed by atoms with van der Waals surface area (Å²) in [4.78, 5) is 11.2. The predicted octanol–water partition coefficient (Wildman–Crippen LogP) is 2.88. The van der Waals surface area contributed by atoms with Gasteiger partial charge in [0.1, 0.15) is 5.88 Å². The summed E-state index contributed by atoms with van der Waals surface area (Å²) in [7, 11) is 0. The predicted molar refractivity (Wildman–Crippen MR) is 63.0 cm³/mol. The van der Waals surface area contributed by atoms with E-state index in [1.54, 1.807) is 0 Å². The Kier molecular flexibility index (Phi) is 5.19. The van der Waals surface area contributed by atoms with Gasteiger partial charge in [0, 0.05) is 0 Å². The fraction of sp³-hybridized carbons (Fsp3) is 0.417. The number of alkyl halides is 1. The van der Waals surface area contributed by atoms with Crippen LogP contribution in [0, 0.1) is 0 Å². The van der Waals surface area contributed by atoms with E-state index in [0.29, 0.717) is 0 Å². The lowest BCUT2D eigenvalue weighted by atomic mass is 10.0. The highest BCUT2D eigenvalue weighted by Crippen LogP contribution is 2.17. The summed E-state index contributed by atoms with van der Waals surface area (Å²) in [6.45, 7) is 2.10. The molecule has 0 radical (unpaired) electrons. The molecule has 0 saturated carbocycles. The van der Waals surface area contributed by atoms with Crippen LogP contribution in [-0.2, 0) is 4.79 Å². The topological polar surface area (TPSA) is 29.1 Å². The number of carbonyl (C=O) groups excluding carboxylic acids is 1. The molecular formula is C12H16ClNO. The zero-order chi connectivity index (χ0) is 11.1. The molecule has 0 aliphatic carbocycles. The summed E-state index contributed by atoms with van der Waals surface area (Å²) in [6.07, 6.45) is 1.97. The molecule has 1 rings (SSSR count). The Bertz CT molecular complexity index is 300. The second kappa shape index (κ2) is 6.46. The number of nitrogens with one attached hydrogen (secondary N) is 1. The van der Waals surface area contributed by atoms with Gasteiger partial charge >= 0.3 is 0 Å². The molecule has 3 heteroatoms. The molecule has 0 bridgehead atoms. The Hall–Kier alpha value is -1.02. The Morgan fingerprint density at radius 2 is 2.07 bits per heavy atom. The van der Waals surface area contributed by atoms with Crippen molar-refractivity contribution in [1.82, 2.24) is 5.32 Å². The van der Waals surface area contributed by atoms with E-state index in [1.807, 2.05) is 30.3 Å². The molecule has 1 aromatic rings. The molecule has 0 unspecified atom stereocenters. The van der Waals surface area contributed by atoms with Gasteiger partial charge in [0.05, 0.1) is 6.04 Å². The number of hydrogen-bond acceptors (Lipinski definition) is 1. The van der Waals surface area contributed by atoms with Crippen LogP contribution in [0.15, 0.2) is 30.3 Å². The molecule has 1 N–H and O–H groups in total. The van der Waals surface area contributed by atoms with Crippen LogP contribution in [0.3, 0.4) is 0 Å². The third-order valence-corrected chi connectivity index (χ3v) is 2.48. The third-order valence-electron chi connectivity index (χ3n) is 2.24. The Balaban J connectivity index is 2.70. The molecule has 1 aromatic carbocycles. The van der Waals surface area contributed by atoms with Crippen LogP contribution >= 0.6 is 11.6 Å². The molecule has 0 saturated heterocycles. The fourth-order valence-corrected chi connectivity index (χ4v) is 1.61. The lowest BCUT2D eigenvalue weighted by Crippen LogP contribution is -2.29. The minimum Gasteiger partial charge on any atom is -0.348 e. The van der Waals surface area contributed by atoms with Gasteiger partial charge in [-0.25, -0.2) is 0 Å². The molecule has 0 aliphatic heterocycles. The number of hydrogen-bond donors (Lipinski definition) is 1. The molecule has 0 fully saturated rings. The summed E-state index contributed by atoms with van der Waals surface area (Å²) in [5.41, 5.74) is 1.14. The van der Waals surface area contributed by atoms with E-state index in [-0.39, 0.29) is 17.8 Å². The van der Waals surface area contributed by atoms with E-state index in [9.17, 15) is 4.79 Å². The van der Waals surface area contributed by atoms with Crippen molar-refractivity contribution in [3.63, 3.8) is 0 Å². The van der Waals surface area contributed by atoms with Gasteiger partial charge in [-0.1, -0.05) is 43.7 Å². The van der Waals surface area contributed by atoms with Gasteiger partial charge in [-0.15, -0.1) is 11.6 Å². The molecule has 1 atom stereocenters. The normalized spacial score (nSPS) is 12.1. The lowest BCUT2D eigenvalue weighted by molar-refractivity contribution is -0.119. The van der Waals surface area contributed by atoms with Gasteiger partial charge in [-0.05, 0) is 12.0 Å². The van der Waals surface area contributed by atoms with E-state index in [4.69, 9.17) is 11.6 Å². The average Bonchev–Trinajstić information content (AvgIpc) is 2.29. The van der Waals surface area contributed by atoms with Crippen molar-refractivity contribution < 1.29 is 4.79 Å². The fourth-order valence-electron chi connectivity index (χ4n) is 1.53. The van der Waals surface area contributed by atoms with Gasteiger partial charge in [-0.3, -0.25) is 4.79 Å². The maximum absolute atomic E-state index is 11.2. The maximum Gasteiger partial charge on any atom is 0.235 e. The van der Waals surface area contributed by atoms with Gasteiger partial charge in [-0.2, -0.15) is 0 Å². The van der Waals surface area contributed by atoms with E-state index in [0.717, 1.165) is 18.4 Å². The van der Waals surface area contributed by atoms with Crippen LogP contribution in [0.4, 0.5) is 0 Å². The first-order valence-corrected chi connectivity index (χ1v) is 5.71. The van der Waals surface area contributed by atoms with Crippen LogP contribution < -0.4 is 5.32 Å². The van der Waals surface area contributed by atoms with Gasteiger partial charge in [0.25, 0.3) is 0 Å². The quantitative estimate of drug-likeness (QED) is 0.768. The lowest BCUT2D eigenvalue weighted by Gasteiger charge is -2.17. The van der Waals surface area contributed by atoms with E-state index < -0.39 is 0 Å². The van der Waals surface area contributed by atoms with Crippen molar-refractivity contribution in [3.05, 3.63) is 35.9 Å². The van der Waals surface area contributed by atoms with Gasteiger partial charge in [0.15, 0.2) is 0 Å². The summed E-state index contributed by atoms with van der Waals surface area (Å²) in [5.74, 6) is -0.0912. The SMILES string of the molecule is CCC[C@H](NC(=O)CCl)c1ccccc1. The zero-order valence-corrected chi connectivity index (χ0v) is 9.63. The van der Waals surface area contributed by atoms with Crippen molar-refractivity contribution in [2.45, 2.75) is 25.8 Å². The maximum atomic E-state index is 11.2. The van der Waals surface area contributed by atoms with Crippen LogP contribution in [0.2, 0.25) is 0 Å². The average molecular weight is 226 g/mol. The third kappa shape index (κ3) is 3.92. The summed E-state index contributed by atoms with van der Waals surface area (Å²) >= 11 is 5.47. The molecule has 0 aliphatic rings. The summed E-state index contributed by atoms with van der Waals surface area (Å²) < 4.78 is 0. The van der Waals surface area contributed by atoms with Crippen LogP contribution in [-0.4, -0.2) is 11.8 Å². The smallest absolute Gasteiger partial charge is 0.235 e. The first-order chi connectivity index (χ1) is 7.27. The highest BCUT2D eigenvalue weighted by Gasteiger charge is 2.12. The number of benzene rings is 1. The largest absolute Gasteiger partial charge is 0.348 e. The van der Waals surface area contributed by atoms with E-state index in [1.165, 1.54) is 0 Å². The Morgan fingerprint density at radius 3 is 2.60 bits per heavy atom. The molecule has 2 nitrogen and oxygen atoms in total. The van der Waals surface area contributed by atoms with Crippen molar-refractivity contribution in [2.24, 2.45) is 0 Å². The Labute approximate surface area is 95.6 Å². The van der Waals surface area contributed by atoms with Crippen molar-refractivity contribution >= 4 is 17.5 Å². The monoisotopic (exact) mass is 225 g/mol. The second-order valence-electron chi connectivity index (χ2n) is 3.45. The molecule has 0 spiro atoms. The molecule has 0 heterocycles. The van der Waals surface area contributed by atoms with Gasteiger partial charge < -0.3 is 5.32 Å². The summed E-state index contributed by atoms with van der Waals surface area (Å²) in [6, 6.07) is 10.1. The number of carbonyl (C=O) groups is 1. The number of amides is 1. The number of rotatable bonds is 5.